The van der Waals surface area contributed by atoms with Crippen molar-refractivity contribution in [2.24, 2.45) is 11.7 Å². The zero-order chi connectivity index (χ0) is 11.4. The molecule has 1 heterocycles. The highest BCUT2D eigenvalue weighted by Gasteiger charge is 2.27. The van der Waals surface area contributed by atoms with Crippen LogP contribution in [0.25, 0.3) is 0 Å². The Morgan fingerprint density at radius 3 is 2.53 bits per heavy atom. The molecule has 1 rings (SSSR count). The highest BCUT2D eigenvalue weighted by Crippen LogP contribution is 2.14. The highest BCUT2D eigenvalue weighted by molar-refractivity contribution is 4.85. The molecular formula is C12H27N3. The number of likely N-dealkylation sites (N-methyl/N-ethyl adjacent to an activating group) is 1. The number of piperazine rings is 1. The molecule has 0 spiro atoms. The Labute approximate surface area is 94.6 Å². The number of rotatable bonds is 4. The van der Waals surface area contributed by atoms with Gasteiger partial charge in [-0.15, -0.1) is 0 Å². The summed E-state index contributed by atoms with van der Waals surface area (Å²) in [6, 6.07) is 1.18. The number of nitrogens with zero attached hydrogens (tertiary/aromatic N) is 2. The fourth-order valence-corrected chi connectivity index (χ4v) is 2.23. The van der Waals surface area contributed by atoms with Gasteiger partial charge in [0.2, 0.25) is 0 Å². The molecule has 90 valence electrons. The van der Waals surface area contributed by atoms with Gasteiger partial charge in [0.1, 0.15) is 0 Å². The van der Waals surface area contributed by atoms with Gasteiger partial charge in [-0.3, -0.25) is 4.90 Å². The maximum atomic E-state index is 5.81. The lowest BCUT2D eigenvalue weighted by atomic mass is 10.1. The third kappa shape index (κ3) is 3.74. The fourth-order valence-electron chi connectivity index (χ4n) is 2.23. The first kappa shape index (κ1) is 12.9. The molecule has 0 amide bonds. The second-order valence-corrected chi connectivity index (χ2v) is 5.35. The molecule has 1 aliphatic heterocycles. The van der Waals surface area contributed by atoms with Gasteiger partial charge in [-0.25, -0.2) is 0 Å². The van der Waals surface area contributed by atoms with Gasteiger partial charge in [0.05, 0.1) is 0 Å². The quantitative estimate of drug-likeness (QED) is 0.756. The first-order chi connectivity index (χ1) is 7.04. The van der Waals surface area contributed by atoms with Crippen LogP contribution in [0.1, 0.15) is 27.2 Å². The van der Waals surface area contributed by atoms with Crippen LogP contribution in [0.2, 0.25) is 0 Å². The summed E-state index contributed by atoms with van der Waals surface area (Å²) in [5, 5.41) is 0. The summed E-state index contributed by atoms with van der Waals surface area (Å²) >= 11 is 0. The predicted molar refractivity (Wildman–Crippen MR) is 66.0 cm³/mol. The van der Waals surface area contributed by atoms with Crippen molar-refractivity contribution >= 4 is 0 Å². The molecular weight excluding hydrogens is 186 g/mol. The minimum atomic E-state index is 0.543. The molecule has 0 aromatic rings. The van der Waals surface area contributed by atoms with Gasteiger partial charge in [-0.1, -0.05) is 13.8 Å². The standard InChI is InChI=1S/C12H27N3/c1-10(2)5-6-15-8-11(3)14(4)12(7-13)9-15/h10-12H,5-9,13H2,1-4H3. The number of hydrogen-bond donors (Lipinski definition) is 1. The summed E-state index contributed by atoms with van der Waals surface area (Å²) in [6.07, 6.45) is 1.30. The van der Waals surface area contributed by atoms with Crippen LogP contribution >= 0.6 is 0 Å². The van der Waals surface area contributed by atoms with Gasteiger partial charge in [0, 0.05) is 31.7 Å². The Morgan fingerprint density at radius 1 is 1.33 bits per heavy atom. The average molecular weight is 213 g/mol. The van der Waals surface area contributed by atoms with Crippen LogP contribution in [-0.4, -0.2) is 55.1 Å². The molecule has 0 bridgehead atoms. The Balaban J connectivity index is 2.41. The van der Waals surface area contributed by atoms with Crippen LogP contribution < -0.4 is 5.73 Å². The minimum absolute atomic E-state index is 0.543. The zero-order valence-electron chi connectivity index (χ0n) is 10.7. The Hall–Kier alpha value is -0.120. The van der Waals surface area contributed by atoms with E-state index in [1.807, 2.05) is 0 Å². The third-order valence-electron chi connectivity index (χ3n) is 3.56. The van der Waals surface area contributed by atoms with Crippen molar-refractivity contribution < 1.29 is 0 Å². The highest BCUT2D eigenvalue weighted by atomic mass is 15.3. The Kier molecular flexibility index (Phi) is 5.03. The summed E-state index contributed by atoms with van der Waals surface area (Å²) in [5.41, 5.74) is 5.81. The fraction of sp³-hybridized carbons (Fsp3) is 1.00. The number of nitrogens with two attached hydrogens (primary N) is 1. The monoisotopic (exact) mass is 213 g/mol. The minimum Gasteiger partial charge on any atom is -0.329 e. The zero-order valence-corrected chi connectivity index (χ0v) is 10.7. The molecule has 3 nitrogen and oxygen atoms in total. The van der Waals surface area contributed by atoms with Crippen molar-refractivity contribution in [1.82, 2.24) is 9.80 Å². The van der Waals surface area contributed by atoms with Gasteiger partial charge in [0.15, 0.2) is 0 Å². The van der Waals surface area contributed by atoms with Crippen LogP contribution in [0, 0.1) is 5.92 Å². The van der Waals surface area contributed by atoms with Crippen molar-refractivity contribution in [1.29, 1.82) is 0 Å². The molecule has 0 aromatic heterocycles. The molecule has 1 saturated heterocycles. The molecule has 0 aromatic carbocycles. The Bertz CT molecular complexity index is 182. The number of hydrogen-bond acceptors (Lipinski definition) is 3. The van der Waals surface area contributed by atoms with E-state index in [1.165, 1.54) is 19.5 Å². The van der Waals surface area contributed by atoms with E-state index in [4.69, 9.17) is 5.73 Å². The lowest BCUT2D eigenvalue weighted by molar-refractivity contribution is 0.0530. The molecule has 1 fully saturated rings. The lowest BCUT2D eigenvalue weighted by Crippen LogP contribution is -2.58. The van der Waals surface area contributed by atoms with E-state index >= 15 is 0 Å². The first-order valence-corrected chi connectivity index (χ1v) is 6.19. The lowest BCUT2D eigenvalue weighted by Gasteiger charge is -2.43. The Morgan fingerprint density at radius 2 is 2.00 bits per heavy atom. The van der Waals surface area contributed by atoms with Gasteiger partial charge in [0.25, 0.3) is 0 Å². The molecule has 3 heteroatoms. The topological polar surface area (TPSA) is 32.5 Å². The first-order valence-electron chi connectivity index (χ1n) is 6.19. The smallest absolute Gasteiger partial charge is 0.0345 e. The summed E-state index contributed by atoms with van der Waals surface area (Å²) in [6.45, 7) is 11.2. The molecule has 0 saturated carbocycles. The van der Waals surface area contributed by atoms with Crippen LogP contribution in [0.3, 0.4) is 0 Å². The van der Waals surface area contributed by atoms with E-state index in [-0.39, 0.29) is 0 Å². The van der Waals surface area contributed by atoms with E-state index in [0.717, 1.165) is 19.0 Å². The summed E-state index contributed by atoms with van der Waals surface area (Å²) in [5.74, 6) is 0.802. The van der Waals surface area contributed by atoms with Gasteiger partial charge >= 0.3 is 0 Å². The second kappa shape index (κ2) is 5.83. The molecule has 15 heavy (non-hydrogen) atoms. The third-order valence-corrected chi connectivity index (χ3v) is 3.56. The second-order valence-electron chi connectivity index (χ2n) is 5.35. The van der Waals surface area contributed by atoms with Crippen LogP contribution in [-0.2, 0) is 0 Å². The van der Waals surface area contributed by atoms with Gasteiger partial charge in [-0.05, 0) is 32.9 Å². The maximum Gasteiger partial charge on any atom is 0.0345 e. The summed E-state index contributed by atoms with van der Waals surface area (Å²) < 4.78 is 0. The maximum absolute atomic E-state index is 5.81. The van der Waals surface area contributed by atoms with Crippen LogP contribution in [0.15, 0.2) is 0 Å². The largest absolute Gasteiger partial charge is 0.329 e. The predicted octanol–water partition coefficient (Wildman–Crippen LogP) is 0.996. The molecule has 1 aliphatic rings. The van der Waals surface area contributed by atoms with Crippen molar-refractivity contribution in [3.8, 4) is 0 Å². The van der Waals surface area contributed by atoms with Crippen LogP contribution in [0.5, 0.6) is 0 Å². The van der Waals surface area contributed by atoms with Gasteiger partial charge < -0.3 is 10.6 Å². The van der Waals surface area contributed by atoms with Crippen LogP contribution in [0.4, 0.5) is 0 Å². The molecule has 2 N–H and O–H groups in total. The molecule has 0 radical (unpaired) electrons. The molecule has 0 aliphatic carbocycles. The normalized spacial score (nSPS) is 30.0. The van der Waals surface area contributed by atoms with Crippen molar-refractivity contribution in [2.75, 3.05) is 33.2 Å². The van der Waals surface area contributed by atoms with Crippen molar-refractivity contribution in [3.63, 3.8) is 0 Å². The van der Waals surface area contributed by atoms with E-state index in [1.54, 1.807) is 0 Å². The summed E-state index contributed by atoms with van der Waals surface area (Å²) in [7, 11) is 2.20. The SMILES string of the molecule is CC(C)CCN1CC(C)N(C)C(CN)C1. The van der Waals surface area contributed by atoms with E-state index < -0.39 is 0 Å². The van der Waals surface area contributed by atoms with E-state index in [2.05, 4.69) is 37.6 Å². The molecule has 2 unspecified atom stereocenters. The van der Waals surface area contributed by atoms with Crippen molar-refractivity contribution in [3.05, 3.63) is 0 Å². The van der Waals surface area contributed by atoms with Gasteiger partial charge in [-0.2, -0.15) is 0 Å². The molecule has 2 atom stereocenters. The average Bonchev–Trinajstić information content (AvgIpc) is 2.19. The van der Waals surface area contributed by atoms with Crippen molar-refractivity contribution in [2.45, 2.75) is 39.3 Å². The van der Waals surface area contributed by atoms with E-state index in [9.17, 15) is 0 Å². The van der Waals surface area contributed by atoms with E-state index in [0.29, 0.717) is 12.1 Å². The summed E-state index contributed by atoms with van der Waals surface area (Å²) in [4.78, 5) is 4.99.